The number of amides is 1. The molecule has 17 heteroatoms. The zero-order valence-corrected chi connectivity index (χ0v) is 14.5. The predicted molar refractivity (Wildman–Crippen MR) is 75.0 cm³/mol. The highest BCUT2D eigenvalue weighted by molar-refractivity contribution is 7.89. The summed E-state index contributed by atoms with van der Waals surface area (Å²) in [6.07, 6.45) is 0. The third-order valence-corrected chi connectivity index (χ3v) is 5.13. The van der Waals surface area contributed by atoms with Crippen LogP contribution in [0.25, 0.3) is 0 Å². The summed E-state index contributed by atoms with van der Waals surface area (Å²) < 4.78 is 171. The number of sulfonamides is 1. The number of halogens is 11. The Morgan fingerprint density at radius 1 is 0.700 bits per heavy atom. The molecule has 3 N–H and O–H groups in total. The van der Waals surface area contributed by atoms with Crippen molar-refractivity contribution in [3.63, 3.8) is 0 Å². The molecule has 2 rings (SSSR count). The van der Waals surface area contributed by atoms with Gasteiger partial charge >= 0.3 is 35.3 Å². The van der Waals surface area contributed by atoms with Gasteiger partial charge in [-0.1, -0.05) is 0 Å². The van der Waals surface area contributed by atoms with Crippen LogP contribution in [0.4, 0.5) is 54.0 Å². The fourth-order valence-corrected chi connectivity index (χ4v) is 2.97. The number of nitrogens with one attached hydrogen (secondary N) is 1. The highest BCUT2D eigenvalue weighted by Gasteiger charge is 3.02. The van der Waals surface area contributed by atoms with Crippen LogP contribution >= 0.6 is 0 Å². The quantitative estimate of drug-likeness (QED) is 0.652. The van der Waals surface area contributed by atoms with Gasteiger partial charge in [-0.05, 0) is 24.3 Å². The molecule has 1 aliphatic carbocycles. The third kappa shape index (κ3) is 2.63. The molecule has 0 aromatic heterocycles. The van der Waals surface area contributed by atoms with Gasteiger partial charge in [0.15, 0.2) is 0 Å². The first-order chi connectivity index (χ1) is 13.1. The molecular formula is C13H7F11N2O3S. The fraction of sp³-hybridized carbons (Fsp3) is 0.462. The minimum Gasteiger partial charge on any atom is -0.323 e. The lowest BCUT2D eigenvalue weighted by molar-refractivity contribution is -0.475. The topological polar surface area (TPSA) is 89.3 Å². The highest BCUT2D eigenvalue weighted by atomic mass is 32.2. The maximum atomic E-state index is 14.5. The number of rotatable bonds is 3. The molecule has 1 aliphatic rings. The molecule has 1 aromatic rings. The summed E-state index contributed by atoms with van der Waals surface area (Å²) in [6, 6.07) is 1.82. The van der Waals surface area contributed by atoms with Crippen LogP contribution in [0.3, 0.4) is 0 Å². The average Bonchev–Trinajstić information content (AvgIpc) is 2.58. The average molecular weight is 480 g/mol. The van der Waals surface area contributed by atoms with Crippen LogP contribution in [-0.2, 0) is 14.8 Å². The highest BCUT2D eigenvalue weighted by Crippen LogP contribution is 2.69. The van der Waals surface area contributed by atoms with E-state index in [4.69, 9.17) is 5.14 Å². The van der Waals surface area contributed by atoms with Gasteiger partial charge in [0.1, 0.15) is 0 Å². The molecule has 0 aliphatic heterocycles. The van der Waals surface area contributed by atoms with Crippen molar-refractivity contribution >= 4 is 21.6 Å². The SMILES string of the molecule is NS(=O)(=O)c1ccc(NC(=O)C2(F)C(F)(F)C(F)(F)C(F)(F)C(F)(F)C2(F)F)cc1. The maximum absolute atomic E-state index is 14.5. The summed E-state index contributed by atoms with van der Waals surface area (Å²) in [5, 5.41) is 5.51. The van der Waals surface area contributed by atoms with Crippen molar-refractivity contribution in [1.82, 2.24) is 0 Å². The first-order valence-corrected chi connectivity index (χ1v) is 8.67. The van der Waals surface area contributed by atoms with Gasteiger partial charge in [-0.15, -0.1) is 0 Å². The van der Waals surface area contributed by atoms with Crippen LogP contribution in [0.1, 0.15) is 0 Å². The van der Waals surface area contributed by atoms with Gasteiger partial charge < -0.3 is 5.32 Å². The van der Waals surface area contributed by atoms with Gasteiger partial charge in [0, 0.05) is 5.69 Å². The number of carbonyl (C=O) groups excluding carboxylic acids is 1. The zero-order valence-electron chi connectivity index (χ0n) is 13.7. The van der Waals surface area contributed by atoms with E-state index in [1.807, 2.05) is 0 Å². The number of hydrogen-bond acceptors (Lipinski definition) is 3. The van der Waals surface area contributed by atoms with E-state index in [1.165, 1.54) is 0 Å². The molecule has 0 atom stereocenters. The van der Waals surface area contributed by atoms with E-state index >= 15 is 0 Å². The second-order valence-corrected chi connectivity index (χ2v) is 7.62. The van der Waals surface area contributed by atoms with Crippen LogP contribution in [-0.4, -0.2) is 49.6 Å². The lowest BCUT2D eigenvalue weighted by Crippen LogP contribution is -2.86. The standard InChI is InChI=1S/C13H7F11N2O3S/c14-8(7(27)26-5-1-3-6(4-2-5)30(25,28)29)9(15,16)11(19,20)13(23,24)12(21,22)10(8,17)18/h1-4H,(H,26,27)(H2,25,28,29). The Morgan fingerprint density at radius 3 is 1.37 bits per heavy atom. The smallest absolute Gasteiger partial charge is 0.323 e. The van der Waals surface area contributed by atoms with Crippen LogP contribution in [0.2, 0.25) is 0 Å². The minimum absolute atomic E-state index is 0.408. The summed E-state index contributed by atoms with van der Waals surface area (Å²) in [5.41, 5.74) is -7.88. The maximum Gasteiger partial charge on any atom is 0.384 e. The van der Waals surface area contributed by atoms with Gasteiger partial charge in [0.25, 0.3) is 5.91 Å². The van der Waals surface area contributed by atoms with Gasteiger partial charge in [-0.2, -0.15) is 43.9 Å². The molecule has 170 valence electrons. The lowest BCUT2D eigenvalue weighted by atomic mass is 9.71. The molecule has 0 heterocycles. The van der Waals surface area contributed by atoms with Crippen molar-refractivity contribution in [1.29, 1.82) is 0 Å². The fourth-order valence-electron chi connectivity index (χ4n) is 2.45. The molecule has 0 bridgehead atoms. The summed E-state index contributed by atoms with van der Waals surface area (Å²) in [4.78, 5) is 11.0. The van der Waals surface area contributed by atoms with E-state index in [0.717, 1.165) is 5.32 Å². The Kier molecular flexibility index (Phi) is 4.96. The Balaban J connectivity index is 2.60. The summed E-state index contributed by atoms with van der Waals surface area (Å²) in [6.45, 7) is 0. The Bertz CT molecular complexity index is 947. The van der Waals surface area contributed by atoms with Gasteiger partial charge in [-0.25, -0.2) is 17.9 Å². The minimum atomic E-state index is -7.44. The number of nitrogens with two attached hydrogens (primary N) is 1. The molecule has 0 saturated heterocycles. The molecule has 30 heavy (non-hydrogen) atoms. The predicted octanol–water partition coefficient (Wildman–Crippen LogP) is 3.17. The summed E-state index contributed by atoms with van der Waals surface area (Å²) >= 11 is 0. The largest absolute Gasteiger partial charge is 0.384 e. The van der Waals surface area contributed by atoms with Gasteiger partial charge in [0.2, 0.25) is 10.0 Å². The summed E-state index contributed by atoms with van der Waals surface area (Å²) in [5.74, 6) is -40.4. The van der Waals surface area contributed by atoms with Crippen LogP contribution in [0.5, 0.6) is 0 Å². The number of primary sulfonamides is 1. The van der Waals surface area contributed by atoms with E-state index in [-0.39, 0.29) is 0 Å². The molecule has 0 spiro atoms. The van der Waals surface area contributed by atoms with Crippen molar-refractivity contribution in [3.05, 3.63) is 24.3 Å². The Morgan fingerprint density at radius 2 is 1.03 bits per heavy atom. The third-order valence-electron chi connectivity index (χ3n) is 4.20. The Labute approximate surface area is 159 Å². The number of benzene rings is 1. The van der Waals surface area contributed by atoms with E-state index in [1.54, 1.807) is 0 Å². The first kappa shape index (κ1) is 24.1. The first-order valence-electron chi connectivity index (χ1n) is 7.13. The zero-order chi connectivity index (χ0) is 23.8. The van der Waals surface area contributed by atoms with Crippen molar-refractivity contribution in [2.75, 3.05) is 5.32 Å². The monoisotopic (exact) mass is 480 g/mol. The van der Waals surface area contributed by atoms with E-state index < -0.39 is 61.8 Å². The molecule has 1 amide bonds. The van der Waals surface area contributed by atoms with Crippen LogP contribution in [0.15, 0.2) is 29.2 Å². The Hall–Kier alpha value is -2.17. The molecular weight excluding hydrogens is 473 g/mol. The van der Waals surface area contributed by atoms with Gasteiger partial charge in [0.05, 0.1) is 4.90 Å². The molecule has 1 fully saturated rings. The van der Waals surface area contributed by atoms with Crippen molar-refractivity contribution < 1.29 is 61.5 Å². The second-order valence-electron chi connectivity index (χ2n) is 6.05. The molecule has 1 saturated carbocycles. The number of alkyl halides is 11. The lowest BCUT2D eigenvalue weighted by Gasteiger charge is -2.51. The number of anilines is 1. The second kappa shape index (κ2) is 6.18. The van der Waals surface area contributed by atoms with E-state index in [9.17, 15) is 61.5 Å². The number of hydrogen-bond donors (Lipinski definition) is 2. The molecule has 5 nitrogen and oxygen atoms in total. The normalized spacial score (nSPS) is 25.3. The molecule has 1 aromatic carbocycles. The molecule has 0 radical (unpaired) electrons. The van der Waals surface area contributed by atoms with Crippen molar-refractivity contribution in [3.8, 4) is 0 Å². The number of carbonyl (C=O) groups is 1. The van der Waals surface area contributed by atoms with Crippen molar-refractivity contribution in [2.24, 2.45) is 5.14 Å². The van der Waals surface area contributed by atoms with Crippen LogP contribution < -0.4 is 10.5 Å². The summed E-state index contributed by atoms with van der Waals surface area (Å²) in [7, 11) is -4.37. The van der Waals surface area contributed by atoms with Crippen LogP contribution in [0, 0.1) is 0 Å². The van der Waals surface area contributed by atoms with E-state index in [0.29, 0.717) is 24.3 Å². The van der Waals surface area contributed by atoms with Gasteiger partial charge in [-0.3, -0.25) is 4.79 Å². The van der Waals surface area contributed by atoms with E-state index in [2.05, 4.69) is 0 Å². The molecule has 0 unspecified atom stereocenters. The van der Waals surface area contributed by atoms with Crippen molar-refractivity contribution in [2.45, 2.75) is 40.2 Å².